The second-order valence-corrected chi connectivity index (χ2v) is 6.87. The van der Waals surface area contributed by atoms with E-state index in [1.807, 2.05) is 18.2 Å². The largest absolute Gasteiger partial charge is 0.331 e. The van der Waals surface area contributed by atoms with Crippen molar-refractivity contribution in [2.75, 3.05) is 7.05 Å². The van der Waals surface area contributed by atoms with E-state index in [0.29, 0.717) is 16.6 Å². The van der Waals surface area contributed by atoms with Gasteiger partial charge in [-0.2, -0.15) is 0 Å². The van der Waals surface area contributed by atoms with Crippen LogP contribution in [0.1, 0.15) is 43.4 Å². The van der Waals surface area contributed by atoms with Gasteiger partial charge in [0.25, 0.3) is 0 Å². The first kappa shape index (κ1) is 19.5. The van der Waals surface area contributed by atoms with Crippen LogP contribution in [0, 0.1) is 0 Å². The Labute approximate surface area is 159 Å². The summed E-state index contributed by atoms with van der Waals surface area (Å²) >= 11 is 12.1. The zero-order valence-corrected chi connectivity index (χ0v) is 16.0. The van der Waals surface area contributed by atoms with Gasteiger partial charge in [-0.15, -0.1) is 0 Å². The molecule has 1 N–H and O–H groups in total. The topological polar surface area (TPSA) is 45.2 Å². The zero-order valence-electron chi connectivity index (χ0n) is 14.5. The van der Waals surface area contributed by atoms with Crippen LogP contribution in [0.25, 0.3) is 0 Å². The fraction of sp³-hybridized carbons (Fsp3) is 0.368. The molecule has 0 aliphatic rings. The van der Waals surface area contributed by atoms with Gasteiger partial charge >= 0.3 is 6.03 Å². The molecule has 6 heteroatoms. The summed E-state index contributed by atoms with van der Waals surface area (Å²) in [7, 11) is 1.75. The first-order valence-corrected chi connectivity index (χ1v) is 9.12. The highest BCUT2D eigenvalue weighted by atomic mass is 35.5. The number of nitrogens with one attached hydrogen (secondary N) is 1. The Morgan fingerprint density at radius 2 is 2.12 bits per heavy atom. The Hall–Kier alpha value is -1.78. The van der Waals surface area contributed by atoms with Crippen LogP contribution in [0.4, 0.5) is 4.79 Å². The Morgan fingerprint density at radius 3 is 2.76 bits per heavy atom. The predicted octanol–water partition coefficient (Wildman–Crippen LogP) is 5.46. The summed E-state index contributed by atoms with van der Waals surface area (Å²) in [5.74, 6) is 0. The van der Waals surface area contributed by atoms with E-state index >= 15 is 0 Å². The van der Waals surface area contributed by atoms with E-state index in [2.05, 4.69) is 17.2 Å². The minimum Gasteiger partial charge on any atom is -0.331 e. The van der Waals surface area contributed by atoms with Crippen molar-refractivity contribution in [1.82, 2.24) is 15.2 Å². The molecule has 0 saturated heterocycles. The number of hydrogen-bond donors (Lipinski definition) is 1. The number of benzene rings is 1. The summed E-state index contributed by atoms with van der Waals surface area (Å²) in [6, 6.07) is 8.98. The third-order valence-electron chi connectivity index (χ3n) is 4.00. The standard InChI is InChI=1S/C19H23Cl2N3O/c1-3-4-7-18(14-6-5-10-22-12-14)23-19(25)24(2)13-15-8-9-16(20)11-17(15)21/h5-6,8-12,18H,3-4,7,13H2,1-2H3,(H,23,25)/t18-/m0/s1. The van der Waals surface area contributed by atoms with Gasteiger partial charge in [-0.05, 0) is 35.7 Å². The zero-order chi connectivity index (χ0) is 18.2. The highest BCUT2D eigenvalue weighted by molar-refractivity contribution is 6.35. The van der Waals surface area contributed by atoms with Crippen LogP contribution in [0.2, 0.25) is 10.0 Å². The SMILES string of the molecule is CCCC[C@H](NC(=O)N(C)Cc1ccc(Cl)cc1Cl)c1cccnc1. The molecule has 2 aromatic rings. The number of carbonyl (C=O) groups excluding carboxylic acids is 1. The van der Waals surface area contributed by atoms with Crippen molar-refractivity contribution in [3.05, 3.63) is 63.9 Å². The number of unbranched alkanes of at least 4 members (excludes halogenated alkanes) is 1. The van der Waals surface area contributed by atoms with Crippen molar-refractivity contribution in [2.24, 2.45) is 0 Å². The quantitative estimate of drug-likeness (QED) is 0.693. The van der Waals surface area contributed by atoms with Crippen molar-refractivity contribution >= 4 is 29.2 Å². The highest BCUT2D eigenvalue weighted by Gasteiger charge is 2.18. The fourth-order valence-corrected chi connectivity index (χ4v) is 3.02. The molecule has 2 amide bonds. The molecule has 1 heterocycles. The summed E-state index contributed by atoms with van der Waals surface area (Å²) in [6.07, 6.45) is 6.52. The lowest BCUT2D eigenvalue weighted by atomic mass is 10.0. The molecule has 0 aliphatic heterocycles. The number of pyridine rings is 1. The van der Waals surface area contributed by atoms with Crippen molar-refractivity contribution in [2.45, 2.75) is 38.8 Å². The van der Waals surface area contributed by atoms with Gasteiger partial charge < -0.3 is 10.2 Å². The number of urea groups is 1. The Kier molecular flexibility index (Phi) is 7.53. The van der Waals surface area contributed by atoms with Gasteiger partial charge in [0, 0.05) is 36.0 Å². The molecule has 0 unspecified atom stereocenters. The van der Waals surface area contributed by atoms with Crippen molar-refractivity contribution in [1.29, 1.82) is 0 Å². The molecule has 0 saturated carbocycles. The number of hydrogen-bond acceptors (Lipinski definition) is 2. The van der Waals surface area contributed by atoms with E-state index in [0.717, 1.165) is 30.4 Å². The van der Waals surface area contributed by atoms with Crippen LogP contribution in [0.3, 0.4) is 0 Å². The van der Waals surface area contributed by atoms with Crippen LogP contribution in [-0.2, 0) is 6.54 Å². The fourth-order valence-electron chi connectivity index (χ4n) is 2.55. The number of nitrogens with zero attached hydrogens (tertiary/aromatic N) is 2. The van der Waals surface area contributed by atoms with Crippen LogP contribution in [-0.4, -0.2) is 23.0 Å². The maximum atomic E-state index is 12.6. The normalized spacial score (nSPS) is 11.8. The smallest absolute Gasteiger partial charge is 0.317 e. The lowest BCUT2D eigenvalue weighted by Crippen LogP contribution is -2.39. The Bertz CT molecular complexity index is 694. The maximum Gasteiger partial charge on any atom is 0.317 e. The summed E-state index contributed by atoms with van der Waals surface area (Å²) in [4.78, 5) is 18.4. The molecular formula is C19H23Cl2N3O. The average molecular weight is 380 g/mol. The number of carbonyl (C=O) groups is 1. The third kappa shape index (κ3) is 5.91. The van der Waals surface area contributed by atoms with E-state index in [1.165, 1.54) is 0 Å². The van der Waals surface area contributed by atoms with Gasteiger partial charge in [0.05, 0.1) is 6.04 Å². The first-order chi connectivity index (χ1) is 12.0. The minimum atomic E-state index is -0.143. The number of rotatable bonds is 7. The van der Waals surface area contributed by atoms with E-state index in [9.17, 15) is 4.79 Å². The average Bonchev–Trinajstić information content (AvgIpc) is 2.61. The number of amides is 2. The number of halogens is 2. The Morgan fingerprint density at radius 1 is 1.32 bits per heavy atom. The van der Waals surface area contributed by atoms with Gasteiger partial charge in [0.15, 0.2) is 0 Å². The Balaban J connectivity index is 2.03. The van der Waals surface area contributed by atoms with Crippen molar-refractivity contribution in [3.63, 3.8) is 0 Å². The minimum absolute atomic E-state index is 0.0516. The molecule has 1 aromatic heterocycles. The van der Waals surface area contributed by atoms with Gasteiger partial charge in [-0.3, -0.25) is 4.98 Å². The molecule has 4 nitrogen and oxygen atoms in total. The molecule has 0 bridgehead atoms. The van der Waals surface area contributed by atoms with Crippen molar-refractivity contribution < 1.29 is 4.79 Å². The van der Waals surface area contributed by atoms with Crippen molar-refractivity contribution in [3.8, 4) is 0 Å². The predicted molar refractivity (Wildman–Crippen MR) is 103 cm³/mol. The summed E-state index contributed by atoms with van der Waals surface area (Å²) in [6.45, 7) is 2.55. The van der Waals surface area contributed by atoms with Crippen LogP contribution in [0.15, 0.2) is 42.7 Å². The van der Waals surface area contributed by atoms with E-state index in [-0.39, 0.29) is 12.1 Å². The van der Waals surface area contributed by atoms with Gasteiger partial charge in [0.1, 0.15) is 0 Å². The monoisotopic (exact) mass is 379 g/mol. The molecular weight excluding hydrogens is 357 g/mol. The molecule has 0 radical (unpaired) electrons. The second-order valence-electron chi connectivity index (χ2n) is 6.02. The first-order valence-electron chi connectivity index (χ1n) is 8.36. The summed E-state index contributed by atoms with van der Waals surface area (Å²) in [5.41, 5.74) is 1.87. The molecule has 0 spiro atoms. The number of aromatic nitrogens is 1. The molecule has 134 valence electrons. The molecule has 1 atom stereocenters. The molecule has 0 fully saturated rings. The lowest BCUT2D eigenvalue weighted by Gasteiger charge is -2.24. The van der Waals surface area contributed by atoms with Gasteiger partial charge in [0.2, 0.25) is 0 Å². The molecule has 0 aliphatic carbocycles. The molecule has 2 rings (SSSR count). The second kappa shape index (κ2) is 9.64. The summed E-state index contributed by atoms with van der Waals surface area (Å²) < 4.78 is 0. The maximum absolute atomic E-state index is 12.6. The van der Waals surface area contributed by atoms with Crippen LogP contribution >= 0.6 is 23.2 Å². The van der Waals surface area contributed by atoms with E-state index < -0.39 is 0 Å². The van der Waals surface area contributed by atoms with Gasteiger partial charge in [-0.1, -0.05) is 55.1 Å². The van der Waals surface area contributed by atoms with Gasteiger partial charge in [-0.25, -0.2) is 4.79 Å². The van der Waals surface area contributed by atoms with E-state index in [4.69, 9.17) is 23.2 Å². The van der Waals surface area contributed by atoms with Crippen LogP contribution < -0.4 is 5.32 Å². The molecule has 25 heavy (non-hydrogen) atoms. The summed E-state index contributed by atoms with van der Waals surface area (Å²) in [5, 5.41) is 4.23. The van der Waals surface area contributed by atoms with Crippen LogP contribution in [0.5, 0.6) is 0 Å². The highest BCUT2D eigenvalue weighted by Crippen LogP contribution is 2.23. The lowest BCUT2D eigenvalue weighted by molar-refractivity contribution is 0.201. The van der Waals surface area contributed by atoms with E-state index in [1.54, 1.807) is 36.5 Å². The third-order valence-corrected chi connectivity index (χ3v) is 4.59. The molecule has 1 aromatic carbocycles.